The Morgan fingerprint density at radius 3 is 2.65 bits per heavy atom. The molecule has 1 aliphatic heterocycles. The number of aromatic nitrogens is 2. The number of hydrogen-bond donors (Lipinski definition) is 1. The van der Waals surface area contributed by atoms with Crippen LogP contribution in [0.3, 0.4) is 0 Å². The van der Waals surface area contributed by atoms with Gasteiger partial charge in [-0.3, -0.25) is 14.4 Å². The number of likely N-dealkylation sites (tertiary alicyclic amines) is 1. The van der Waals surface area contributed by atoms with Crippen LogP contribution in [0.5, 0.6) is 0 Å². The molecule has 1 N–H and O–H groups in total. The lowest BCUT2D eigenvalue weighted by molar-refractivity contribution is -0.133. The van der Waals surface area contributed by atoms with Crippen LogP contribution in [0, 0.1) is 11.7 Å². The monoisotopic (exact) mass is 462 g/mol. The molecular formula is C26H27FN4O3. The van der Waals surface area contributed by atoms with Gasteiger partial charge in [-0.25, -0.2) is 9.49 Å². The lowest BCUT2D eigenvalue weighted by Gasteiger charge is -2.25. The molecule has 0 spiro atoms. The third kappa shape index (κ3) is 4.32. The molecule has 0 radical (unpaired) electrons. The van der Waals surface area contributed by atoms with Gasteiger partial charge in [-0.15, -0.1) is 0 Å². The summed E-state index contributed by atoms with van der Waals surface area (Å²) in [6.07, 6.45) is 3.68. The van der Waals surface area contributed by atoms with Crippen molar-refractivity contribution < 1.29 is 14.0 Å². The van der Waals surface area contributed by atoms with Crippen LogP contribution in [-0.2, 0) is 17.6 Å². The second kappa shape index (κ2) is 9.00. The first kappa shape index (κ1) is 22.3. The lowest BCUT2D eigenvalue weighted by atomic mass is 10.0. The van der Waals surface area contributed by atoms with Crippen LogP contribution in [0.4, 0.5) is 4.39 Å². The fraction of sp³-hybridized carbons (Fsp3) is 0.385. The number of carbonyl (C=O) groups excluding carboxylic acids is 2. The van der Waals surface area contributed by atoms with E-state index in [1.54, 1.807) is 35.0 Å². The van der Waals surface area contributed by atoms with Crippen molar-refractivity contribution in [1.82, 2.24) is 20.0 Å². The molecule has 2 amide bonds. The predicted molar refractivity (Wildman–Crippen MR) is 126 cm³/mol. The largest absolute Gasteiger partial charge is 0.341 e. The summed E-state index contributed by atoms with van der Waals surface area (Å²) in [5.74, 6) is -0.609. The summed E-state index contributed by atoms with van der Waals surface area (Å²) in [7, 11) is 1.80. The average Bonchev–Trinajstić information content (AvgIpc) is 3.59. The standard InChI is InChI=1S/C26H27FN4O3/c1-30(25(33)17-8-9-17)18-12-13-31(15-18)26(34)21-14-16(6-10-22(21)27)7-11-23-19-4-2-3-5-20(19)24(32)29-28-23/h2-6,10,14,17-18H,7-9,11-13,15H2,1H3,(H,29,32)/t18-/m0/s1. The molecule has 0 unspecified atom stereocenters. The van der Waals surface area contributed by atoms with Gasteiger partial charge < -0.3 is 9.80 Å². The maximum Gasteiger partial charge on any atom is 0.272 e. The number of nitrogens with zero attached hydrogens (tertiary/aromatic N) is 3. The summed E-state index contributed by atoms with van der Waals surface area (Å²) in [6, 6.07) is 11.9. The minimum absolute atomic E-state index is 0.0251. The highest BCUT2D eigenvalue weighted by molar-refractivity contribution is 5.95. The molecule has 8 heteroatoms. The van der Waals surface area contributed by atoms with E-state index in [1.807, 2.05) is 18.2 Å². The minimum Gasteiger partial charge on any atom is -0.341 e. The van der Waals surface area contributed by atoms with Crippen LogP contribution in [-0.4, -0.2) is 58.0 Å². The molecule has 0 bridgehead atoms. The molecule has 1 aliphatic carbocycles. The number of nitrogens with one attached hydrogen (secondary N) is 1. The molecule has 176 valence electrons. The number of aryl methyl sites for hydroxylation is 2. The highest BCUT2D eigenvalue weighted by Gasteiger charge is 2.38. The summed E-state index contributed by atoms with van der Waals surface area (Å²) in [5, 5.41) is 8.10. The molecule has 34 heavy (non-hydrogen) atoms. The number of benzene rings is 2. The first-order valence-electron chi connectivity index (χ1n) is 11.7. The number of H-pyrrole nitrogens is 1. The van der Waals surface area contributed by atoms with E-state index >= 15 is 0 Å². The predicted octanol–water partition coefficient (Wildman–Crippen LogP) is 2.93. The van der Waals surface area contributed by atoms with E-state index in [2.05, 4.69) is 10.2 Å². The molecule has 1 aromatic heterocycles. The number of aromatic amines is 1. The van der Waals surface area contributed by atoms with Crippen LogP contribution >= 0.6 is 0 Å². The van der Waals surface area contributed by atoms with Gasteiger partial charge in [0.15, 0.2) is 0 Å². The van der Waals surface area contributed by atoms with E-state index in [0.29, 0.717) is 37.7 Å². The number of amides is 2. The van der Waals surface area contributed by atoms with Gasteiger partial charge in [0.25, 0.3) is 11.5 Å². The second-order valence-corrected chi connectivity index (χ2v) is 9.28. The highest BCUT2D eigenvalue weighted by Crippen LogP contribution is 2.32. The SMILES string of the molecule is CN(C(=O)C1CC1)[C@H]1CCN(C(=O)c2cc(CCc3n[nH]c(=O)c4ccccc34)ccc2F)C1. The van der Waals surface area contributed by atoms with Crippen molar-refractivity contribution >= 4 is 22.6 Å². The van der Waals surface area contributed by atoms with Crippen molar-refractivity contribution in [3.8, 4) is 0 Å². The van der Waals surface area contributed by atoms with Crippen molar-refractivity contribution in [2.45, 2.75) is 38.1 Å². The summed E-state index contributed by atoms with van der Waals surface area (Å²) in [5.41, 5.74) is 1.38. The molecule has 2 aliphatic rings. The number of halogens is 1. The molecule has 2 fully saturated rings. The van der Waals surface area contributed by atoms with Gasteiger partial charge in [-0.1, -0.05) is 24.3 Å². The Bertz CT molecular complexity index is 1320. The van der Waals surface area contributed by atoms with Crippen LogP contribution in [0.25, 0.3) is 10.8 Å². The van der Waals surface area contributed by atoms with E-state index < -0.39 is 5.82 Å². The Kier molecular flexibility index (Phi) is 5.89. The fourth-order valence-electron chi connectivity index (χ4n) is 4.73. The molecule has 1 saturated heterocycles. The fourth-order valence-corrected chi connectivity index (χ4v) is 4.73. The maximum absolute atomic E-state index is 14.6. The molecular weight excluding hydrogens is 435 g/mol. The zero-order chi connectivity index (χ0) is 23.8. The van der Waals surface area contributed by atoms with Crippen molar-refractivity contribution in [3.63, 3.8) is 0 Å². The number of hydrogen-bond acceptors (Lipinski definition) is 4. The van der Waals surface area contributed by atoms with E-state index in [4.69, 9.17) is 0 Å². The van der Waals surface area contributed by atoms with E-state index in [0.717, 1.165) is 29.5 Å². The van der Waals surface area contributed by atoms with Gasteiger partial charge in [0.1, 0.15) is 5.82 Å². The second-order valence-electron chi connectivity index (χ2n) is 9.28. The summed E-state index contributed by atoms with van der Waals surface area (Å²) >= 11 is 0. The van der Waals surface area contributed by atoms with Gasteiger partial charge in [0.05, 0.1) is 22.7 Å². The van der Waals surface area contributed by atoms with Gasteiger partial charge in [0, 0.05) is 31.4 Å². The molecule has 1 saturated carbocycles. The zero-order valence-corrected chi connectivity index (χ0v) is 19.1. The number of rotatable bonds is 6. The summed E-state index contributed by atoms with van der Waals surface area (Å²) in [6.45, 7) is 0.924. The van der Waals surface area contributed by atoms with E-state index in [9.17, 15) is 18.8 Å². The van der Waals surface area contributed by atoms with Crippen LogP contribution < -0.4 is 5.56 Å². The van der Waals surface area contributed by atoms with Crippen molar-refractivity contribution in [2.75, 3.05) is 20.1 Å². The van der Waals surface area contributed by atoms with Gasteiger partial charge >= 0.3 is 0 Å². The average molecular weight is 463 g/mol. The summed E-state index contributed by atoms with van der Waals surface area (Å²) in [4.78, 5) is 40.9. The van der Waals surface area contributed by atoms with E-state index in [1.165, 1.54) is 6.07 Å². The number of carbonyl (C=O) groups is 2. The molecule has 2 heterocycles. The van der Waals surface area contributed by atoms with Gasteiger partial charge in [0.2, 0.25) is 5.91 Å². The minimum atomic E-state index is -0.549. The normalized spacial score (nSPS) is 17.8. The lowest BCUT2D eigenvalue weighted by Crippen LogP contribution is -2.40. The first-order valence-corrected chi connectivity index (χ1v) is 11.7. The van der Waals surface area contributed by atoms with Crippen molar-refractivity contribution in [1.29, 1.82) is 0 Å². The Labute approximate surface area is 196 Å². The number of fused-ring (bicyclic) bond motifs is 1. The molecule has 5 rings (SSSR count). The third-order valence-electron chi connectivity index (χ3n) is 6.96. The maximum atomic E-state index is 14.6. The highest BCUT2D eigenvalue weighted by atomic mass is 19.1. The van der Waals surface area contributed by atoms with E-state index in [-0.39, 0.29) is 34.9 Å². The van der Waals surface area contributed by atoms with Crippen LogP contribution in [0.15, 0.2) is 47.3 Å². The zero-order valence-electron chi connectivity index (χ0n) is 19.1. The Balaban J connectivity index is 1.29. The topological polar surface area (TPSA) is 86.4 Å². The van der Waals surface area contributed by atoms with Crippen LogP contribution in [0.2, 0.25) is 0 Å². The smallest absolute Gasteiger partial charge is 0.272 e. The number of likely N-dealkylation sites (N-methyl/N-ethyl adjacent to an activating group) is 1. The molecule has 2 aromatic carbocycles. The Morgan fingerprint density at radius 2 is 1.88 bits per heavy atom. The first-order chi connectivity index (χ1) is 16.4. The quantitative estimate of drug-likeness (QED) is 0.610. The summed E-state index contributed by atoms with van der Waals surface area (Å²) < 4.78 is 14.6. The third-order valence-corrected chi connectivity index (χ3v) is 6.96. The van der Waals surface area contributed by atoms with Gasteiger partial charge in [-0.2, -0.15) is 5.10 Å². The molecule has 1 atom stereocenters. The van der Waals surface area contributed by atoms with Crippen molar-refractivity contribution in [2.24, 2.45) is 5.92 Å². The van der Waals surface area contributed by atoms with Crippen LogP contribution in [0.1, 0.15) is 40.9 Å². The molecule has 3 aromatic rings. The van der Waals surface area contributed by atoms with Gasteiger partial charge in [-0.05, 0) is 55.9 Å². The Hall–Kier alpha value is -3.55. The Morgan fingerprint density at radius 1 is 1.12 bits per heavy atom. The van der Waals surface area contributed by atoms with Crippen molar-refractivity contribution in [3.05, 3.63) is 75.5 Å². The molecule has 7 nitrogen and oxygen atoms in total.